The lowest BCUT2D eigenvalue weighted by Crippen LogP contribution is -2.34. The highest BCUT2D eigenvalue weighted by Crippen LogP contribution is 2.31. The summed E-state index contributed by atoms with van der Waals surface area (Å²) in [6.45, 7) is 7.12. The molecule has 2 aromatic rings. The van der Waals surface area contributed by atoms with Crippen LogP contribution in [0, 0.1) is 6.92 Å². The Morgan fingerprint density at radius 1 is 1.28 bits per heavy atom. The molecule has 1 aromatic heterocycles. The van der Waals surface area contributed by atoms with Gasteiger partial charge in [0.2, 0.25) is 10.0 Å². The van der Waals surface area contributed by atoms with Crippen molar-refractivity contribution in [2.75, 3.05) is 19.6 Å². The Morgan fingerprint density at radius 2 is 1.93 bits per heavy atom. The molecule has 3 rings (SSSR count). The van der Waals surface area contributed by atoms with E-state index in [1.165, 1.54) is 10.4 Å². The zero-order chi connectivity index (χ0) is 21.2. The number of halogens is 1. The van der Waals surface area contributed by atoms with Crippen LogP contribution in [0.25, 0.3) is 0 Å². The van der Waals surface area contributed by atoms with Crippen molar-refractivity contribution in [3.8, 4) is 0 Å². The number of hydrogen-bond acceptors (Lipinski definition) is 4. The molecule has 0 bridgehead atoms. The largest absolute Gasteiger partial charge is 0.455 e. The van der Waals surface area contributed by atoms with E-state index < -0.39 is 10.0 Å². The van der Waals surface area contributed by atoms with Crippen LogP contribution in [0.5, 0.6) is 0 Å². The highest BCUT2D eigenvalue weighted by atomic mass is 79.9. The average Bonchev–Trinajstić information content (AvgIpc) is 3.36. The number of carbonyl (C=O) groups excluding carboxylic acids is 1. The fourth-order valence-corrected chi connectivity index (χ4v) is 6.02. The van der Waals surface area contributed by atoms with E-state index in [2.05, 4.69) is 15.9 Å². The van der Waals surface area contributed by atoms with Gasteiger partial charge in [-0.15, -0.1) is 0 Å². The van der Waals surface area contributed by atoms with Crippen molar-refractivity contribution in [3.05, 3.63) is 51.9 Å². The summed E-state index contributed by atoms with van der Waals surface area (Å²) in [6.07, 6.45) is 2.49. The summed E-state index contributed by atoms with van der Waals surface area (Å²) in [5, 5.41) is 0. The number of carbonyl (C=O) groups is 1. The van der Waals surface area contributed by atoms with Gasteiger partial charge in [0.1, 0.15) is 10.7 Å². The van der Waals surface area contributed by atoms with Crippen LogP contribution in [0.4, 0.5) is 0 Å². The van der Waals surface area contributed by atoms with Gasteiger partial charge >= 0.3 is 0 Å². The first-order chi connectivity index (χ1) is 13.8. The van der Waals surface area contributed by atoms with Crippen LogP contribution in [-0.2, 0) is 10.0 Å². The van der Waals surface area contributed by atoms with Crippen LogP contribution >= 0.6 is 15.9 Å². The lowest BCUT2D eigenvalue weighted by Gasteiger charge is -2.29. The molecule has 8 heteroatoms. The standard InChI is InChI=1S/C21H27BrN2O4S/c1-4-11-24(15(2)17-9-5-6-10-18(17)22)21(25)19-14-20(16(3)28-19)29(26,27)23-12-7-8-13-23/h5-6,9-10,14-15H,4,7-8,11-13H2,1-3H3. The molecule has 1 saturated heterocycles. The summed E-state index contributed by atoms with van der Waals surface area (Å²) >= 11 is 3.55. The van der Waals surface area contributed by atoms with Crippen molar-refractivity contribution in [2.24, 2.45) is 0 Å². The minimum absolute atomic E-state index is 0.0626. The summed E-state index contributed by atoms with van der Waals surface area (Å²) in [5.41, 5.74) is 0.988. The van der Waals surface area contributed by atoms with Crippen LogP contribution in [-0.4, -0.2) is 43.2 Å². The number of benzene rings is 1. The first-order valence-corrected chi connectivity index (χ1v) is 12.2. The predicted octanol–water partition coefficient (Wildman–Crippen LogP) is 4.75. The van der Waals surface area contributed by atoms with Gasteiger partial charge in [-0.1, -0.05) is 41.1 Å². The van der Waals surface area contributed by atoms with Crippen molar-refractivity contribution in [1.82, 2.24) is 9.21 Å². The second kappa shape index (κ2) is 9.02. The van der Waals surface area contributed by atoms with E-state index in [0.29, 0.717) is 19.6 Å². The van der Waals surface area contributed by atoms with Crippen molar-refractivity contribution in [3.63, 3.8) is 0 Å². The lowest BCUT2D eigenvalue weighted by atomic mass is 10.1. The first-order valence-electron chi connectivity index (χ1n) is 9.93. The molecule has 0 N–H and O–H groups in total. The fraction of sp³-hybridized carbons (Fsp3) is 0.476. The fourth-order valence-electron chi connectivity index (χ4n) is 3.73. The van der Waals surface area contributed by atoms with Gasteiger partial charge in [-0.25, -0.2) is 8.42 Å². The number of rotatable bonds is 7. The molecule has 0 aliphatic carbocycles. The quantitative estimate of drug-likeness (QED) is 0.570. The Balaban J connectivity index is 1.92. The second-order valence-electron chi connectivity index (χ2n) is 7.34. The molecule has 158 valence electrons. The van der Waals surface area contributed by atoms with Gasteiger partial charge in [0.25, 0.3) is 5.91 Å². The van der Waals surface area contributed by atoms with Gasteiger partial charge in [0.15, 0.2) is 5.76 Å². The summed E-state index contributed by atoms with van der Waals surface area (Å²) in [4.78, 5) is 15.1. The molecule has 1 amide bonds. The maximum Gasteiger partial charge on any atom is 0.290 e. The Morgan fingerprint density at radius 3 is 2.55 bits per heavy atom. The molecule has 0 radical (unpaired) electrons. The molecule has 0 saturated carbocycles. The minimum Gasteiger partial charge on any atom is -0.455 e. The second-order valence-corrected chi connectivity index (χ2v) is 10.1. The van der Waals surface area contributed by atoms with E-state index in [0.717, 1.165) is 29.3 Å². The normalized spacial score (nSPS) is 16.1. The molecule has 1 aliphatic rings. The van der Waals surface area contributed by atoms with E-state index in [1.807, 2.05) is 38.1 Å². The monoisotopic (exact) mass is 482 g/mol. The van der Waals surface area contributed by atoms with Crippen molar-refractivity contribution in [1.29, 1.82) is 0 Å². The Bertz CT molecular complexity index is 980. The highest BCUT2D eigenvalue weighted by Gasteiger charge is 2.33. The van der Waals surface area contributed by atoms with E-state index in [1.54, 1.807) is 11.8 Å². The van der Waals surface area contributed by atoms with Crippen molar-refractivity contribution in [2.45, 2.75) is 51.0 Å². The molecular formula is C21H27BrN2O4S. The molecule has 1 fully saturated rings. The summed E-state index contributed by atoms with van der Waals surface area (Å²) in [6, 6.07) is 8.98. The van der Waals surface area contributed by atoms with Crippen molar-refractivity contribution >= 4 is 31.9 Å². The number of furan rings is 1. The summed E-state index contributed by atoms with van der Waals surface area (Å²) in [7, 11) is -3.64. The number of sulfonamides is 1. The molecule has 1 unspecified atom stereocenters. The zero-order valence-electron chi connectivity index (χ0n) is 17.0. The van der Waals surface area contributed by atoms with E-state index in [4.69, 9.17) is 4.42 Å². The van der Waals surface area contributed by atoms with Crippen LogP contribution in [0.2, 0.25) is 0 Å². The third-order valence-corrected chi connectivity index (χ3v) is 8.04. The first kappa shape index (κ1) is 22.1. The molecule has 1 atom stereocenters. The molecule has 0 spiro atoms. The van der Waals surface area contributed by atoms with Gasteiger partial charge in [-0.2, -0.15) is 4.31 Å². The molecule has 2 heterocycles. The van der Waals surface area contributed by atoms with Gasteiger partial charge in [0.05, 0.1) is 6.04 Å². The highest BCUT2D eigenvalue weighted by molar-refractivity contribution is 9.10. The van der Waals surface area contributed by atoms with Gasteiger partial charge < -0.3 is 9.32 Å². The summed E-state index contributed by atoms with van der Waals surface area (Å²) < 4.78 is 33.9. The van der Waals surface area contributed by atoms with Crippen LogP contribution in [0.15, 0.2) is 44.1 Å². The average molecular weight is 483 g/mol. The summed E-state index contributed by atoms with van der Waals surface area (Å²) in [5.74, 6) is 0.0129. The number of aryl methyl sites for hydroxylation is 1. The van der Waals surface area contributed by atoms with Crippen LogP contribution in [0.1, 0.15) is 61.0 Å². The van der Waals surface area contributed by atoms with Crippen LogP contribution < -0.4 is 0 Å². The number of nitrogens with zero attached hydrogens (tertiary/aromatic N) is 2. The lowest BCUT2D eigenvalue weighted by molar-refractivity contribution is 0.0656. The molecule has 1 aliphatic heterocycles. The topological polar surface area (TPSA) is 70.8 Å². The molecular weight excluding hydrogens is 456 g/mol. The maximum atomic E-state index is 13.3. The Labute approximate surface area is 181 Å². The molecule has 1 aromatic carbocycles. The number of hydrogen-bond donors (Lipinski definition) is 0. The van der Waals surface area contributed by atoms with E-state index >= 15 is 0 Å². The van der Waals surface area contributed by atoms with Gasteiger partial charge in [-0.05, 0) is 44.7 Å². The maximum absolute atomic E-state index is 13.3. The minimum atomic E-state index is -3.64. The SMILES string of the molecule is CCCN(C(=O)c1cc(S(=O)(=O)N2CCCC2)c(C)o1)C(C)c1ccccc1Br. The smallest absolute Gasteiger partial charge is 0.290 e. The molecule has 6 nitrogen and oxygen atoms in total. The molecule has 29 heavy (non-hydrogen) atoms. The van der Waals surface area contributed by atoms with Crippen LogP contribution in [0.3, 0.4) is 0 Å². The van der Waals surface area contributed by atoms with Gasteiger partial charge in [-0.3, -0.25) is 4.79 Å². The third-order valence-electron chi connectivity index (χ3n) is 5.31. The van der Waals surface area contributed by atoms with E-state index in [9.17, 15) is 13.2 Å². The predicted molar refractivity (Wildman–Crippen MR) is 115 cm³/mol. The van der Waals surface area contributed by atoms with Crippen molar-refractivity contribution < 1.29 is 17.6 Å². The Kier molecular flexibility index (Phi) is 6.86. The Hall–Kier alpha value is -1.64. The van der Waals surface area contributed by atoms with Gasteiger partial charge in [0, 0.05) is 30.2 Å². The third kappa shape index (κ3) is 4.44. The zero-order valence-corrected chi connectivity index (χ0v) is 19.4. The van der Waals surface area contributed by atoms with E-state index in [-0.39, 0.29) is 28.4 Å². The number of amides is 1.